The van der Waals surface area contributed by atoms with Crippen molar-refractivity contribution in [3.8, 4) is 0 Å². The molecular weight excluding hydrogens is 452 g/mol. The van der Waals surface area contributed by atoms with Crippen LogP contribution in [-0.2, 0) is 23.4 Å². The van der Waals surface area contributed by atoms with Crippen molar-refractivity contribution < 1.29 is 13.6 Å². The van der Waals surface area contributed by atoms with Gasteiger partial charge in [0.2, 0.25) is 11.6 Å². The van der Waals surface area contributed by atoms with Crippen LogP contribution in [0.1, 0.15) is 50.6 Å². The highest BCUT2D eigenvalue weighted by molar-refractivity contribution is 5.92. The normalized spacial score (nSPS) is 12.5. The average molecular weight is 480 g/mol. The minimum absolute atomic E-state index is 0.00746. The molecule has 35 heavy (non-hydrogen) atoms. The first-order valence-electron chi connectivity index (χ1n) is 11.3. The zero-order chi connectivity index (χ0) is 25.2. The van der Waals surface area contributed by atoms with Crippen LogP contribution in [0.4, 0.5) is 20.3 Å². The number of carbonyl (C=O) groups is 1. The molecule has 8 nitrogen and oxygen atoms in total. The van der Waals surface area contributed by atoms with Crippen LogP contribution in [0.2, 0.25) is 0 Å². The summed E-state index contributed by atoms with van der Waals surface area (Å²) in [5.41, 5.74) is 1.43. The SMILES string of the molecule is CCn1cc2ncc(N[C@@H](C)c3cc(NC(=O)Cc4ccc(C(C)(C)F)cn4)ccc3F)nc2n1. The molecule has 0 unspecified atom stereocenters. The summed E-state index contributed by atoms with van der Waals surface area (Å²) in [6, 6.07) is 7.16. The van der Waals surface area contributed by atoms with Crippen molar-refractivity contribution in [2.45, 2.75) is 52.4 Å². The summed E-state index contributed by atoms with van der Waals surface area (Å²) >= 11 is 0. The third-order valence-electron chi connectivity index (χ3n) is 5.56. The first-order valence-corrected chi connectivity index (χ1v) is 11.3. The number of aromatic nitrogens is 5. The van der Waals surface area contributed by atoms with Gasteiger partial charge in [-0.3, -0.25) is 14.5 Å². The molecule has 10 heteroatoms. The van der Waals surface area contributed by atoms with E-state index in [1.807, 2.05) is 13.1 Å². The molecule has 2 N–H and O–H groups in total. The first-order chi connectivity index (χ1) is 16.6. The third kappa shape index (κ3) is 5.76. The van der Waals surface area contributed by atoms with Gasteiger partial charge in [0, 0.05) is 35.2 Å². The lowest BCUT2D eigenvalue weighted by molar-refractivity contribution is -0.115. The van der Waals surface area contributed by atoms with Crippen LogP contribution < -0.4 is 10.6 Å². The molecule has 3 aromatic heterocycles. The molecule has 0 saturated heterocycles. The van der Waals surface area contributed by atoms with Crippen molar-refractivity contribution in [3.05, 3.63) is 71.6 Å². The monoisotopic (exact) mass is 479 g/mol. The van der Waals surface area contributed by atoms with E-state index in [1.165, 1.54) is 32.2 Å². The van der Waals surface area contributed by atoms with Crippen LogP contribution in [0.5, 0.6) is 0 Å². The molecule has 1 amide bonds. The van der Waals surface area contributed by atoms with E-state index in [-0.39, 0.29) is 12.3 Å². The summed E-state index contributed by atoms with van der Waals surface area (Å²) in [4.78, 5) is 25.5. The molecule has 0 fully saturated rings. The molecule has 0 spiro atoms. The molecule has 1 atom stereocenters. The van der Waals surface area contributed by atoms with Gasteiger partial charge in [-0.05, 0) is 52.0 Å². The summed E-state index contributed by atoms with van der Waals surface area (Å²) in [7, 11) is 0. The highest BCUT2D eigenvalue weighted by atomic mass is 19.1. The average Bonchev–Trinajstić information content (AvgIpc) is 3.22. The first kappa shape index (κ1) is 24.2. The number of nitrogens with zero attached hydrogens (tertiary/aromatic N) is 5. The van der Waals surface area contributed by atoms with Crippen LogP contribution in [-0.4, -0.2) is 30.6 Å². The summed E-state index contributed by atoms with van der Waals surface area (Å²) in [5, 5.41) is 10.3. The van der Waals surface area contributed by atoms with Crippen LogP contribution >= 0.6 is 0 Å². The van der Waals surface area contributed by atoms with E-state index in [9.17, 15) is 13.6 Å². The van der Waals surface area contributed by atoms with Gasteiger partial charge in [-0.2, -0.15) is 5.10 Å². The molecule has 4 aromatic rings. The number of fused-ring (bicyclic) bond motifs is 1. The number of hydrogen-bond acceptors (Lipinski definition) is 6. The van der Waals surface area contributed by atoms with Gasteiger partial charge < -0.3 is 10.6 Å². The van der Waals surface area contributed by atoms with Crippen LogP contribution in [0.3, 0.4) is 0 Å². The summed E-state index contributed by atoms with van der Waals surface area (Å²) in [5.74, 6) is -0.268. The van der Waals surface area contributed by atoms with E-state index in [4.69, 9.17) is 0 Å². The fraction of sp³-hybridized carbons (Fsp3) is 0.320. The van der Waals surface area contributed by atoms with Crippen molar-refractivity contribution in [1.29, 1.82) is 0 Å². The number of rotatable bonds is 8. The van der Waals surface area contributed by atoms with Crippen molar-refractivity contribution >= 4 is 28.6 Å². The van der Waals surface area contributed by atoms with E-state index in [0.29, 0.717) is 46.0 Å². The number of hydrogen-bond donors (Lipinski definition) is 2. The Morgan fingerprint density at radius 1 is 1.17 bits per heavy atom. The highest BCUT2D eigenvalue weighted by Gasteiger charge is 2.19. The number of benzene rings is 1. The predicted molar refractivity (Wildman–Crippen MR) is 130 cm³/mol. The second-order valence-electron chi connectivity index (χ2n) is 8.79. The predicted octanol–water partition coefficient (Wildman–Crippen LogP) is 4.94. The zero-order valence-corrected chi connectivity index (χ0v) is 20.0. The third-order valence-corrected chi connectivity index (χ3v) is 5.56. The molecule has 0 aliphatic carbocycles. The van der Waals surface area contributed by atoms with Gasteiger partial charge in [0.15, 0.2) is 0 Å². The minimum Gasteiger partial charge on any atom is -0.362 e. The molecular formula is C25H27F2N7O. The number of nitrogens with one attached hydrogen (secondary N) is 2. The molecule has 1 aromatic carbocycles. The maximum absolute atomic E-state index is 14.6. The molecule has 0 radical (unpaired) electrons. The van der Waals surface area contributed by atoms with E-state index < -0.39 is 17.5 Å². The van der Waals surface area contributed by atoms with E-state index in [0.717, 1.165) is 0 Å². The molecule has 182 valence electrons. The fourth-order valence-electron chi connectivity index (χ4n) is 3.58. The maximum Gasteiger partial charge on any atom is 0.230 e. The number of carbonyl (C=O) groups excluding carboxylic acids is 1. The maximum atomic E-state index is 14.6. The van der Waals surface area contributed by atoms with Crippen LogP contribution in [0.15, 0.2) is 48.9 Å². The molecule has 0 saturated carbocycles. The Morgan fingerprint density at radius 2 is 1.97 bits per heavy atom. The topological polar surface area (TPSA) is 97.6 Å². The van der Waals surface area contributed by atoms with Gasteiger partial charge in [-0.1, -0.05) is 6.07 Å². The number of alkyl halides is 1. The number of anilines is 2. The van der Waals surface area contributed by atoms with Gasteiger partial charge in [0.05, 0.1) is 24.9 Å². The Bertz CT molecular complexity index is 1350. The van der Waals surface area contributed by atoms with Gasteiger partial charge in [-0.25, -0.2) is 18.7 Å². The van der Waals surface area contributed by atoms with Gasteiger partial charge in [0.25, 0.3) is 0 Å². The smallest absolute Gasteiger partial charge is 0.230 e. The lowest BCUT2D eigenvalue weighted by Gasteiger charge is -2.17. The van der Waals surface area contributed by atoms with Crippen LogP contribution in [0, 0.1) is 5.82 Å². The van der Waals surface area contributed by atoms with Gasteiger partial charge in [0.1, 0.15) is 22.8 Å². The lowest BCUT2D eigenvalue weighted by atomic mass is 10.0. The molecule has 0 bridgehead atoms. The molecule has 4 rings (SSSR count). The minimum atomic E-state index is -1.50. The van der Waals surface area contributed by atoms with Crippen molar-refractivity contribution in [1.82, 2.24) is 24.7 Å². The second-order valence-corrected chi connectivity index (χ2v) is 8.79. The standard InChI is InChI=1S/C25H27F2N7O/c1-5-34-14-21-24(33-34)32-22(13-29-21)30-15(2)19-10-18(8-9-20(19)26)31-23(35)11-17-7-6-16(12-28-17)25(3,4)27/h6-10,12-15H,5,11H2,1-4H3,(H,31,35)(H,30,32,33)/t15-/m0/s1. The van der Waals surface area contributed by atoms with E-state index >= 15 is 0 Å². The Labute approximate surface area is 201 Å². The van der Waals surface area contributed by atoms with Crippen molar-refractivity contribution in [2.24, 2.45) is 0 Å². The Kier molecular flexibility index (Phi) is 6.72. The Morgan fingerprint density at radius 3 is 2.66 bits per heavy atom. The lowest BCUT2D eigenvalue weighted by Crippen LogP contribution is -2.17. The summed E-state index contributed by atoms with van der Waals surface area (Å²) in [6.07, 6.45) is 4.83. The van der Waals surface area contributed by atoms with Gasteiger partial charge >= 0.3 is 0 Å². The number of aryl methyl sites for hydroxylation is 1. The van der Waals surface area contributed by atoms with Crippen molar-refractivity contribution in [3.63, 3.8) is 0 Å². The molecule has 0 aliphatic rings. The zero-order valence-electron chi connectivity index (χ0n) is 20.0. The van der Waals surface area contributed by atoms with Crippen molar-refractivity contribution in [2.75, 3.05) is 10.6 Å². The number of halogens is 2. The molecule has 3 heterocycles. The largest absolute Gasteiger partial charge is 0.362 e. The van der Waals surface area contributed by atoms with Crippen LogP contribution in [0.25, 0.3) is 11.2 Å². The fourth-order valence-corrected chi connectivity index (χ4v) is 3.58. The highest BCUT2D eigenvalue weighted by Crippen LogP contribution is 2.25. The van der Waals surface area contributed by atoms with E-state index in [1.54, 1.807) is 36.0 Å². The summed E-state index contributed by atoms with van der Waals surface area (Å²) in [6.45, 7) is 7.36. The Hall–Kier alpha value is -3.95. The summed E-state index contributed by atoms with van der Waals surface area (Å²) < 4.78 is 30.3. The number of pyridine rings is 1. The van der Waals surface area contributed by atoms with E-state index in [2.05, 4.69) is 30.7 Å². The quantitative estimate of drug-likeness (QED) is 0.372. The Balaban J connectivity index is 1.43. The molecule has 0 aliphatic heterocycles. The van der Waals surface area contributed by atoms with Gasteiger partial charge in [-0.15, -0.1) is 0 Å². The second kappa shape index (κ2) is 9.73. The number of amides is 1.